The summed E-state index contributed by atoms with van der Waals surface area (Å²) in [6.07, 6.45) is 1.01. The fraction of sp³-hybridized carbons (Fsp3) is 0.267. The first-order chi connectivity index (χ1) is 9.58. The van der Waals surface area contributed by atoms with E-state index in [2.05, 4.69) is 23.3 Å². The Bertz CT molecular complexity index is 666. The van der Waals surface area contributed by atoms with E-state index in [-0.39, 0.29) is 11.6 Å². The number of carbonyl (C=O) groups is 1. The Morgan fingerprint density at radius 2 is 2.25 bits per heavy atom. The maximum absolute atomic E-state index is 11.0. The van der Waals surface area contributed by atoms with Crippen LogP contribution in [0.5, 0.6) is 0 Å². The molecule has 20 heavy (non-hydrogen) atoms. The highest BCUT2D eigenvalue weighted by molar-refractivity contribution is 7.10. The molecule has 3 rings (SSSR count). The van der Waals surface area contributed by atoms with E-state index >= 15 is 0 Å². The molecule has 4 nitrogen and oxygen atoms in total. The van der Waals surface area contributed by atoms with Crippen molar-refractivity contribution in [2.75, 3.05) is 17.2 Å². The molecule has 1 aliphatic rings. The molecule has 0 fully saturated rings. The van der Waals surface area contributed by atoms with Crippen molar-refractivity contribution >= 4 is 28.7 Å². The summed E-state index contributed by atoms with van der Waals surface area (Å²) in [6, 6.07) is 7.39. The summed E-state index contributed by atoms with van der Waals surface area (Å²) >= 11 is 1.80. The van der Waals surface area contributed by atoms with Crippen molar-refractivity contribution in [1.82, 2.24) is 0 Å². The zero-order chi connectivity index (χ0) is 14.3. The summed E-state index contributed by atoms with van der Waals surface area (Å²) < 4.78 is 0. The number of thiophene rings is 1. The molecule has 104 valence electrons. The van der Waals surface area contributed by atoms with Gasteiger partial charge in [-0.25, -0.2) is 4.79 Å². The molecular formula is C15H16N2O2S. The number of hydrogen-bond donors (Lipinski definition) is 2. The molecular weight excluding hydrogens is 272 g/mol. The molecule has 2 heterocycles. The van der Waals surface area contributed by atoms with Gasteiger partial charge in [-0.2, -0.15) is 0 Å². The second-order valence-electron chi connectivity index (χ2n) is 5.00. The van der Waals surface area contributed by atoms with E-state index in [1.165, 1.54) is 16.5 Å². The van der Waals surface area contributed by atoms with Gasteiger partial charge in [0.1, 0.15) is 0 Å². The zero-order valence-electron chi connectivity index (χ0n) is 11.2. The van der Waals surface area contributed by atoms with Gasteiger partial charge in [0.05, 0.1) is 23.0 Å². The number of hydrogen-bond acceptors (Lipinski definition) is 4. The molecule has 2 aromatic rings. The topological polar surface area (TPSA) is 66.6 Å². The van der Waals surface area contributed by atoms with E-state index in [1.807, 2.05) is 6.07 Å². The molecule has 1 atom stereocenters. The highest BCUT2D eigenvalue weighted by Crippen LogP contribution is 2.38. The molecule has 5 heteroatoms. The molecule has 0 amide bonds. The summed E-state index contributed by atoms with van der Waals surface area (Å²) in [7, 11) is 0. The van der Waals surface area contributed by atoms with Crippen LogP contribution in [0.2, 0.25) is 0 Å². The van der Waals surface area contributed by atoms with Crippen LogP contribution in [0.4, 0.5) is 11.4 Å². The van der Waals surface area contributed by atoms with Gasteiger partial charge >= 0.3 is 5.97 Å². The lowest BCUT2D eigenvalue weighted by Crippen LogP contribution is -2.33. The molecule has 0 saturated carbocycles. The average molecular weight is 288 g/mol. The van der Waals surface area contributed by atoms with E-state index in [9.17, 15) is 4.79 Å². The molecule has 3 N–H and O–H groups in total. The minimum Gasteiger partial charge on any atom is -0.478 e. The summed E-state index contributed by atoms with van der Waals surface area (Å²) in [5.41, 5.74) is 9.06. The van der Waals surface area contributed by atoms with Crippen molar-refractivity contribution in [2.24, 2.45) is 0 Å². The maximum atomic E-state index is 11.0. The molecule has 0 spiro atoms. The van der Waals surface area contributed by atoms with Crippen LogP contribution in [-0.4, -0.2) is 17.6 Å². The Morgan fingerprint density at radius 3 is 2.95 bits per heavy atom. The summed E-state index contributed by atoms with van der Waals surface area (Å²) in [4.78, 5) is 14.7. The van der Waals surface area contributed by atoms with Crippen LogP contribution in [0.3, 0.4) is 0 Å². The molecule has 0 bridgehead atoms. The molecule has 0 saturated heterocycles. The predicted molar refractivity (Wildman–Crippen MR) is 81.6 cm³/mol. The first-order valence-electron chi connectivity index (χ1n) is 6.53. The molecule has 1 unspecified atom stereocenters. The van der Waals surface area contributed by atoms with Gasteiger partial charge in [0.25, 0.3) is 0 Å². The largest absolute Gasteiger partial charge is 0.478 e. The van der Waals surface area contributed by atoms with Crippen LogP contribution in [0.25, 0.3) is 0 Å². The van der Waals surface area contributed by atoms with Crippen molar-refractivity contribution in [1.29, 1.82) is 0 Å². The Morgan fingerprint density at radius 1 is 1.45 bits per heavy atom. The van der Waals surface area contributed by atoms with Crippen molar-refractivity contribution in [3.8, 4) is 0 Å². The van der Waals surface area contributed by atoms with Crippen molar-refractivity contribution < 1.29 is 9.90 Å². The number of nitrogens with two attached hydrogens (primary N) is 1. The third-order valence-electron chi connectivity index (χ3n) is 3.86. The lowest BCUT2D eigenvalue weighted by atomic mass is 10.00. The zero-order valence-corrected chi connectivity index (χ0v) is 12.0. The number of fused-ring (bicyclic) bond motifs is 1. The standard InChI is InChI=1S/C15H16N2O2S/c1-9-11-5-7-20-14(11)4-6-17(9)13-3-2-10(15(18)19)8-12(13)16/h2-3,5,7-9H,4,6,16H2,1H3,(H,18,19). The minimum absolute atomic E-state index is 0.229. The average Bonchev–Trinajstić information content (AvgIpc) is 2.89. The number of anilines is 2. The number of benzene rings is 1. The predicted octanol–water partition coefficient (Wildman–Crippen LogP) is 3.15. The second kappa shape index (κ2) is 4.83. The lowest BCUT2D eigenvalue weighted by Gasteiger charge is -2.36. The first kappa shape index (κ1) is 13.0. The van der Waals surface area contributed by atoms with Gasteiger partial charge in [-0.1, -0.05) is 0 Å². The van der Waals surface area contributed by atoms with E-state index < -0.39 is 5.97 Å². The van der Waals surface area contributed by atoms with Crippen molar-refractivity contribution in [3.05, 3.63) is 45.6 Å². The second-order valence-corrected chi connectivity index (χ2v) is 6.00. The summed E-state index contributed by atoms with van der Waals surface area (Å²) in [6.45, 7) is 3.07. The van der Waals surface area contributed by atoms with Crippen molar-refractivity contribution in [3.63, 3.8) is 0 Å². The van der Waals surface area contributed by atoms with Gasteiger partial charge in [0.15, 0.2) is 0 Å². The number of aromatic carboxylic acids is 1. The van der Waals surface area contributed by atoms with Crippen LogP contribution < -0.4 is 10.6 Å². The Balaban J connectivity index is 1.96. The number of nitrogens with zero attached hydrogens (tertiary/aromatic N) is 1. The van der Waals surface area contributed by atoms with Gasteiger partial charge < -0.3 is 15.7 Å². The van der Waals surface area contributed by atoms with E-state index in [4.69, 9.17) is 10.8 Å². The smallest absolute Gasteiger partial charge is 0.335 e. The molecule has 1 aromatic heterocycles. The van der Waals surface area contributed by atoms with Gasteiger partial charge in [-0.05, 0) is 48.6 Å². The fourth-order valence-corrected chi connectivity index (χ4v) is 3.75. The van der Waals surface area contributed by atoms with Gasteiger partial charge in [0.2, 0.25) is 0 Å². The van der Waals surface area contributed by atoms with Crippen LogP contribution in [0, 0.1) is 0 Å². The van der Waals surface area contributed by atoms with E-state index in [1.54, 1.807) is 17.4 Å². The Hall–Kier alpha value is -2.01. The molecule has 1 aliphatic heterocycles. The Kier molecular flexibility index (Phi) is 3.14. The summed E-state index contributed by atoms with van der Waals surface area (Å²) in [5.74, 6) is -0.949. The highest BCUT2D eigenvalue weighted by Gasteiger charge is 2.26. The lowest BCUT2D eigenvalue weighted by molar-refractivity contribution is 0.0697. The first-order valence-corrected chi connectivity index (χ1v) is 7.41. The molecule has 1 aromatic carbocycles. The minimum atomic E-state index is -0.949. The third-order valence-corrected chi connectivity index (χ3v) is 4.86. The van der Waals surface area contributed by atoms with Crippen LogP contribution in [0.1, 0.15) is 33.8 Å². The van der Waals surface area contributed by atoms with Gasteiger partial charge in [-0.15, -0.1) is 11.3 Å². The van der Waals surface area contributed by atoms with Gasteiger partial charge in [-0.3, -0.25) is 0 Å². The van der Waals surface area contributed by atoms with Crippen LogP contribution >= 0.6 is 11.3 Å². The molecule has 0 radical (unpaired) electrons. The quantitative estimate of drug-likeness (QED) is 0.833. The Labute approximate surface area is 121 Å². The van der Waals surface area contributed by atoms with Crippen molar-refractivity contribution in [2.45, 2.75) is 19.4 Å². The van der Waals surface area contributed by atoms with Crippen LogP contribution in [0.15, 0.2) is 29.6 Å². The maximum Gasteiger partial charge on any atom is 0.335 e. The van der Waals surface area contributed by atoms with E-state index in [0.29, 0.717) is 5.69 Å². The number of rotatable bonds is 2. The van der Waals surface area contributed by atoms with Gasteiger partial charge in [0, 0.05) is 11.4 Å². The van der Waals surface area contributed by atoms with Crippen LogP contribution in [-0.2, 0) is 6.42 Å². The SMILES string of the molecule is CC1c2ccsc2CCN1c1ccc(C(=O)O)cc1N. The number of carboxylic acid groups (broad SMARTS) is 1. The summed E-state index contributed by atoms with van der Waals surface area (Å²) in [5, 5.41) is 11.1. The monoisotopic (exact) mass is 288 g/mol. The molecule has 0 aliphatic carbocycles. The number of nitrogen functional groups attached to an aromatic ring is 1. The number of carboxylic acids is 1. The highest BCUT2D eigenvalue weighted by atomic mass is 32.1. The van der Waals surface area contributed by atoms with E-state index in [0.717, 1.165) is 18.7 Å². The third kappa shape index (κ3) is 2.04. The fourth-order valence-electron chi connectivity index (χ4n) is 2.79. The normalized spacial score (nSPS) is 17.9.